The third-order valence-electron chi connectivity index (χ3n) is 3.58. The SMILES string of the molecule is COc1cc(/C=N/n2c(C)nnc2SCc2ccc(Br)cc2)ccc1O. The van der Waals surface area contributed by atoms with Gasteiger partial charge in [-0.2, -0.15) is 9.78 Å². The molecule has 1 N–H and O–H groups in total. The first-order valence-electron chi connectivity index (χ1n) is 7.77. The predicted octanol–water partition coefficient (Wildman–Crippen LogP) is 4.24. The van der Waals surface area contributed by atoms with E-state index in [9.17, 15) is 5.11 Å². The highest BCUT2D eigenvalue weighted by Crippen LogP contribution is 2.26. The van der Waals surface area contributed by atoms with E-state index in [0.717, 1.165) is 15.8 Å². The highest BCUT2D eigenvalue weighted by Gasteiger charge is 2.09. The summed E-state index contributed by atoms with van der Waals surface area (Å²) in [7, 11) is 1.51. The highest BCUT2D eigenvalue weighted by atomic mass is 79.9. The third-order valence-corrected chi connectivity index (χ3v) is 5.09. The topological polar surface area (TPSA) is 72.5 Å². The van der Waals surface area contributed by atoms with Crippen molar-refractivity contribution in [1.82, 2.24) is 14.9 Å². The first-order chi connectivity index (χ1) is 12.6. The number of phenols is 1. The summed E-state index contributed by atoms with van der Waals surface area (Å²) in [4.78, 5) is 0. The van der Waals surface area contributed by atoms with Gasteiger partial charge in [-0.25, -0.2) is 0 Å². The Morgan fingerprint density at radius 2 is 2.00 bits per heavy atom. The van der Waals surface area contributed by atoms with E-state index in [0.29, 0.717) is 16.7 Å². The van der Waals surface area contributed by atoms with Crippen LogP contribution in [-0.4, -0.2) is 33.3 Å². The van der Waals surface area contributed by atoms with Gasteiger partial charge in [-0.15, -0.1) is 10.2 Å². The number of halogens is 1. The summed E-state index contributed by atoms with van der Waals surface area (Å²) >= 11 is 5.00. The van der Waals surface area contributed by atoms with Crippen LogP contribution in [0.15, 0.2) is 57.2 Å². The number of aromatic nitrogens is 3. The van der Waals surface area contributed by atoms with E-state index in [1.54, 1.807) is 40.9 Å². The molecule has 8 heteroatoms. The summed E-state index contributed by atoms with van der Waals surface area (Å²) in [6.07, 6.45) is 1.68. The van der Waals surface area contributed by atoms with Crippen LogP contribution in [0.4, 0.5) is 0 Å². The Balaban J connectivity index is 1.76. The largest absolute Gasteiger partial charge is 0.504 e. The van der Waals surface area contributed by atoms with Gasteiger partial charge in [-0.1, -0.05) is 39.8 Å². The Morgan fingerprint density at radius 3 is 2.73 bits per heavy atom. The van der Waals surface area contributed by atoms with Crippen LogP contribution in [0.25, 0.3) is 0 Å². The number of benzene rings is 2. The number of aryl methyl sites for hydroxylation is 1. The van der Waals surface area contributed by atoms with E-state index in [4.69, 9.17) is 4.74 Å². The molecule has 0 saturated carbocycles. The minimum absolute atomic E-state index is 0.0934. The summed E-state index contributed by atoms with van der Waals surface area (Å²) in [5.41, 5.74) is 1.99. The number of phenolic OH excluding ortho intramolecular Hbond substituents is 1. The van der Waals surface area contributed by atoms with Crippen molar-refractivity contribution in [2.75, 3.05) is 7.11 Å². The number of aromatic hydroxyl groups is 1. The molecular weight excluding hydrogens is 416 g/mol. The minimum Gasteiger partial charge on any atom is -0.504 e. The van der Waals surface area contributed by atoms with Gasteiger partial charge < -0.3 is 9.84 Å². The minimum atomic E-state index is 0.0934. The molecule has 2 aromatic carbocycles. The van der Waals surface area contributed by atoms with Crippen molar-refractivity contribution >= 4 is 33.9 Å². The number of ether oxygens (including phenoxy) is 1. The van der Waals surface area contributed by atoms with Gasteiger partial charge in [0, 0.05) is 10.2 Å². The number of thioether (sulfide) groups is 1. The third kappa shape index (κ3) is 4.44. The second-order valence-corrected chi connectivity index (χ2v) is 7.29. The Kier molecular flexibility index (Phi) is 5.95. The first kappa shape index (κ1) is 18.5. The summed E-state index contributed by atoms with van der Waals surface area (Å²) in [6, 6.07) is 13.2. The van der Waals surface area contributed by atoms with Crippen molar-refractivity contribution in [2.24, 2.45) is 5.10 Å². The zero-order valence-corrected chi connectivity index (χ0v) is 16.7. The van der Waals surface area contributed by atoms with Crippen LogP contribution >= 0.6 is 27.7 Å². The molecule has 0 saturated heterocycles. The molecule has 0 aliphatic rings. The summed E-state index contributed by atoms with van der Waals surface area (Å²) < 4.78 is 7.87. The average molecular weight is 433 g/mol. The lowest BCUT2D eigenvalue weighted by molar-refractivity contribution is 0.373. The predicted molar refractivity (Wildman–Crippen MR) is 106 cm³/mol. The van der Waals surface area contributed by atoms with Gasteiger partial charge in [0.25, 0.3) is 0 Å². The fourth-order valence-electron chi connectivity index (χ4n) is 2.19. The Bertz CT molecular complexity index is 925. The second-order valence-electron chi connectivity index (χ2n) is 5.43. The normalized spacial score (nSPS) is 11.2. The van der Waals surface area contributed by atoms with Gasteiger partial charge in [0.05, 0.1) is 13.3 Å². The van der Waals surface area contributed by atoms with Crippen LogP contribution in [-0.2, 0) is 5.75 Å². The molecule has 0 spiro atoms. The molecule has 0 bridgehead atoms. The summed E-state index contributed by atoms with van der Waals surface area (Å²) in [5.74, 6) is 1.97. The lowest BCUT2D eigenvalue weighted by atomic mass is 10.2. The van der Waals surface area contributed by atoms with E-state index in [-0.39, 0.29) is 5.75 Å². The number of hydrogen-bond donors (Lipinski definition) is 1. The van der Waals surface area contributed by atoms with E-state index < -0.39 is 0 Å². The van der Waals surface area contributed by atoms with Crippen LogP contribution in [0.3, 0.4) is 0 Å². The fraction of sp³-hybridized carbons (Fsp3) is 0.167. The molecule has 3 aromatic rings. The maximum atomic E-state index is 9.67. The maximum absolute atomic E-state index is 9.67. The van der Waals surface area contributed by atoms with Gasteiger partial charge in [-0.3, -0.25) is 0 Å². The van der Waals surface area contributed by atoms with Gasteiger partial charge in [0.2, 0.25) is 5.16 Å². The molecular formula is C18H17BrN4O2S. The number of hydrogen-bond acceptors (Lipinski definition) is 6. The van der Waals surface area contributed by atoms with Crippen molar-refractivity contribution in [1.29, 1.82) is 0 Å². The molecule has 6 nitrogen and oxygen atoms in total. The Morgan fingerprint density at radius 1 is 1.23 bits per heavy atom. The molecule has 0 radical (unpaired) electrons. The van der Waals surface area contributed by atoms with Crippen LogP contribution in [0, 0.1) is 6.92 Å². The average Bonchev–Trinajstić information content (AvgIpc) is 3.00. The van der Waals surface area contributed by atoms with Crippen molar-refractivity contribution in [3.8, 4) is 11.5 Å². The second kappa shape index (κ2) is 8.37. The molecule has 0 aliphatic heterocycles. The molecule has 134 valence electrons. The molecule has 0 atom stereocenters. The summed E-state index contributed by atoms with van der Waals surface area (Å²) in [5, 5.41) is 23.2. The van der Waals surface area contributed by atoms with Gasteiger partial charge >= 0.3 is 0 Å². The van der Waals surface area contributed by atoms with Crippen molar-refractivity contribution in [3.63, 3.8) is 0 Å². The maximum Gasteiger partial charge on any atom is 0.212 e. The summed E-state index contributed by atoms with van der Waals surface area (Å²) in [6.45, 7) is 1.85. The zero-order valence-electron chi connectivity index (χ0n) is 14.3. The lowest BCUT2D eigenvalue weighted by Gasteiger charge is -2.05. The molecule has 3 rings (SSSR count). The molecule has 0 aliphatic carbocycles. The first-order valence-corrected chi connectivity index (χ1v) is 9.55. The standard InChI is InChI=1S/C18H17BrN4O2S/c1-12-21-22-18(26-11-13-3-6-15(19)7-4-13)23(12)20-10-14-5-8-16(24)17(9-14)25-2/h3-10,24H,11H2,1-2H3/b20-10+. The van der Waals surface area contributed by atoms with E-state index in [2.05, 4.69) is 43.4 Å². The van der Waals surface area contributed by atoms with Crippen LogP contribution in [0.1, 0.15) is 17.0 Å². The monoisotopic (exact) mass is 432 g/mol. The molecule has 1 heterocycles. The van der Waals surface area contributed by atoms with Crippen LogP contribution < -0.4 is 4.74 Å². The quantitative estimate of drug-likeness (QED) is 0.465. The van der Waals surface area contributed by atoms with Crippen LogP contribution in [0.2, 0.25) is 0 Å². The van der Waals surface area contributed by atoms with Crippen molar-refractivity contribution in [3.05, 3.63) is 63.9 Å². The van der Waals surface area contributed by atoms with Gasteiger partial charge in [0.1, 0.15) is 0 Å². The molecule has 0 amide bonds. The van der Waals surface area contributed by atoms with Gasteiger partial charge in [-0.05, 0) is 48.4 Å². The number of nitrogens with zero attached hydrogens (tertiary/aromatic N) is 4. The van der Waals surface area contributed by atoms with E-state index in [1.807, 2.05) is 19.1 Å². The smallest absolute Gasteiger partial charge is 0.212 e. The number of methoxy groups -OCH3 is 1. The highest BCUT2D eigenvalue weighted by molar-refractivity contribution is 9.10. The molecule has 0 fully saturated rings. The Hall–Kier alpha value is -2.32. The molecule has 0 unspecified atom stereocenters. The molecule has 1 aromatic heterocycles. The number of rotatable bonds is 6. The molecule has 26 heavy (non-hydrogen) atoms. The van der Waals surface area contributed by atoms with E-state index >= 15 is 0 Å². The van der Waals surface area contributed by atoms with E-state index in [1.165, 1.54) is 12.7 Å². The fourth-order valence-corrected chi connectivity index (χ4v) is 3.34. The van der Waals surface area contributed by atoms with Crippen molar-refractivity contribution < 1.29 is 9.84 Å². The van der Waals surface area contributed by atoms with Crippen molar-refractivity contribution in [2.45, 2.75) is 17.8 Å². The van der Waals surface area contributed by atoms with Crippen LogP contribution in [0.5, 0.6) is 11.5 Å². The lowest BCUT2D eigenvalue weighted by Crippen LogP contribution is -1.97. The van der Waals surface area contributed by atoms with Gasteiger partial charge in [0.15, 0.2) is 17.3 Å². The zero-order chi connectivity index (χ0) is 18.5. The Labute approximate surface area is 164 Å².